The van der Waals surface area contributed by atoms with Crippen LogP contribution in [0.15, 0.2) is 65.1 Å². The van der Waals surface area contributed by atoms with Crippen LogP contribution < -0.4 is 0 Å². The zero-order chi connectivity index (χ0) is 12.5. The van der Waals surface area contributed by atoms with Crippen LogP contribution in [0.25, 0.3) is 21.9 Å². The quantitative estimate of drug-likeness (QED) is 0.522. The molecule has 0 nitrogen and oxygen atoms in total. The summed E-state index contributed by atoms with van der Waals surface area (Å²) in [5.74, 6) is 0. The van der Waals surface area contributed by atoms with Crippen LogP contribution in [0, 0.1) is 0 Å². The lowest BCUT2D eigenvalue weighted by molar-refractivity contribution is 1.64. The first-order valence-corrected chi connectivity index (χ1v) is 6.86. The molecule has 0 aromatic heterocycles. The van der Waals surface area contributed by atoms with Gasteiger partial charge in [-0.2, -0.15) is 0 Å². The predicted octanol–water partition coefficient (Wildman–Crippen LogP) is 5.92. The number of fused-ring (bicyclic) bond motifs is 1. The van der Waals surface area contributed by atoms with Gasteiger partial charge in [0.15, 0.2) is 0 Å². The topological polar surface area (TPSA) is 0 Å². The summed E-state index contributed by atoms with van der Waals surface area (Å²) in [6.45, 7) is 0. The first-order valence-electron chi connectivity index (χ1n) is 5.69. The predicted molar refractivity (Wildman–Crippen MR) is 82.1 cm³/mol. The van der Waals surface area contributed by atoms with Gasteiger partial charge in [0, 0.05) is 14.9 Å². The molecule has 3 aromatic rings. The second kappa shape index (κ2) is 4.75. The van der Waals surface area contributed by atoms with E-state index in [0.29, 0.717) is 0 Å². The molecule has 0 heterocycles. The highest BCUT2D eigenvalue weighted by Crippen LogP contribution is 2.34. The minimum Gasteiger partial charge on any atom is -0.0843 e. The summed E-state index contributed by atoms with van der Waals surface area (Å²) in [5.41, 5.74) is 2.40. The van der Waals surface area contributed by atoms with E-state index in [0.717, 1.165) is 9.50 Å². The molecular formula is C16H10BrCl. The maximum absolute atomic E-state index is 5.94. The Morgan fingerprint density at radius 3 is 2.17 bits per heavy atom. The molecule has 3 aromatic carbocycles. The number of benzene rings is 3. The Morgan fingerprint density at radius 1 is 0.778 bits per heavy atom. The molecule has 0 unspecified atom stereocenters. The average Bonchev–Trinajstić information content (AvgIpc) is 2.39. The Labute approximate surface area is 119 Å². The maximum Gasteiger partial charge on any atom is 0.0406 e. The van der Waals surface area contributed by atoms with Gasteiger partial charge in [0.05, 0.1) is 0 Å². The number of halogens is 2. The Morgan fingerprint density at radius 2 is 1.44 bits per heavy atom. The van der Waals surface area contributed by atoms with Crippen molar-refractivity contribution in [2.75, 3.05) is 0 Å². The first kappa shape index (κ1) is 11.8. The van der Waals surface area contributed by atoms with Gasteiger partial charge < -0.3 is 0 Å². The molecule has 88 valence electrons. The van der Waals surface area contributed by atoms with Crippen LogP contribution in [0.1, 0.15) is 0 Å². The number of hydrogen-bond acceptors (Lipinski definition) is 0. The fraction of sp³-hybridized carbons (Fsp3) is 0. The highest BCUT2D eigenvalue weighted by Gasteiger charge is 2.06. The molecule has 0 aliphatic rings. The van der Waals surface area contributed by atoms with Crippen molar-refractivity contribution in [1.82, 2.24) is 0 Å². The van der Waals surface area contributed by atoms with Gasteiger partial charge in [-0.15, -0.1) is 0 Å². The lowest BCUT2D eigenvalue weighted by Crippen LogP contribution is -1.82. The molecule has 0 fully saturated rings. The fourth-order valence-corrected chi connectivity index (χ4v) is 2.89. The minimum atomic E-state index is 0.762. The molecule has 0 N–H and O–H groups in total. The van der Waals surface area contributed by atoms with Crippen LogP contribution in [0.4, 0.5) is 0 Å². The average molecular weight is 318 g/mol. The van der Waals surface area contributed by atoms with E-state index in [-0.39, 0.29) is 0 Å². The van der Waals surface area contributed by atoms with Gasteiger partial charge in [-0.05, 0) is 34.7 Å². The summed E-state index contributed by atoms with van der Waals surface area (Å²) in [4.78, 5) is 0. The molecular weight excluding hydrogens is 308 g/mol. The molecule has 0 spiro atoms. The number of rotatable bonds is 1. The Balaban J connectivity index is 2.32. The van der Waals surface area contributed by atoms with Gasteiger partial charge in [0.2, 0.25) is 0 Å². The van der Waals surface area contributed by atoms with Crippen molar-refractivity contribution in [3.8, 4) is 11.1 Å². The van der Waals surface area contributed by atoms with Crippen molar-refractivity contribution in [1.29, 1.82) is 0 Å². The third-order valence-corrected chi connectivity index (χ3v) is 3.92. The van der Waals surface area contributed by atoms with E-state index in [1.54, 1.807) is 0 Å². The molecule has 18 heavy (non-hydrogen) atoms. The van der Waals surface area contributed by atoms with E-state index in [2.05, 4.69) is 64.5 Å². The van der Waals surface area contributed by atoms with Crippen LogP contribution in [0.2, 0.25) is 5.02 Å². The van der Waals surface area contributed by atoms with Crippen molar-refractivity contribution in [3.63, 3.8) is 0 Å². The zero-order valence-corrected chi connectivity index (χ0v) is 11.9. The highest BCUT2D eigenvalue weighted by atomic mass is 79.9. The molecule has 0 saturated carbocycles. The molecule has 0 amide bonds. The fourth-order valence-electron chi connectivity index (χ4n) is 2.17. The van der Waals surface area contributed by atoms with E-state index in [4.69, 9.17) is 11.6 Å². The molecule has 0 radical (unpaired) electrons. The summed E-state index contributed by atoms with van der Waals surface area (Å²) < 4.78 is 1.12. The zero-order valence-electron chi connectivity index (χ0n) is 9.53. The molecule has 0 aliphatic heterocycles. The Hall–Kier alpha value is -1.31. The van der Waals surface area contributed by atoms with Gasteiger partial charge in [0.25, 0.3) is 0 Å². The Kier molecular flexibility index (Phi) is 3.11. The van der Waals surface area contributed by atoms with Crippen LogP contribution in [-0.4, -0.2) is 0 Å². The van der Waals surface area contributed by atoms with Crippen LogP contribution in [-0.2, 0) is 0 Å². The van der Waals surface area contributed by atoms with Crippen molar-refractivity contribution in [3.05, 3.63) is 70.2 Å². The van der Waals surface area contributed by atoms with Crippen molar-refractivity contribution in [2.45, 2.75) is 0 Å². The van der Waals surface area contributed by atoms with E-state index >= 15 is 0 Å². The molecule has 0 atom stereocenters. The lowest BCUT2D eigenvalue weighted by Gasteiger charge is -2.08. The largest absolute Gasteiger partial charge is 0.0843 e. The third-order valence-electron chi connectivity index (χ3n) is 3.01. The van der Waals surface area contributed by atoms with E-state index in [1.165, 1.54) is 21.9 Å². The van der Waals surface area contributed by atoms with Crippen LogP contribution in [0.5, 0.6) is 0 Å². The third kappa shape index (κ3) is 2.05. The van der Waals surface area contributed by atoms with E-state index < -0.39 is 0 Å². The SMILES string of the molecule is Clc1ccc(-c2cccc3cccc(Br)c23)cc1. The minimum absolute atomic E-state index is 0.762. The van der Waals surface area contributed by atoms with Gasteiger partial charge >= 0.3 is 0 Å². The van der Waals surface area contributed by atoms with Crippen molar-refractivity contribution in [2.24, 2.45) is 0 Å². The summed E-state index contributed by atoms with van der Waals surface area (Å²) in [5, 5.41) is 3.23. The van der Waals surface area contributed by atoms with Gasteiger partial charge in [-0.3, -0.25) is 0 Å². The van der Waals surface area contributed by atoms with E-state index in [1.807, 2.05) is 12.1 Å². The monoisotopic (exact) mass is 316 g/mol. The van der Waals surface area contributed by atoms with Crippen LogP contribution >= 0.6 is 27.5 Å². The smallest absolute Gasteiger partial charge is 0.0406 e. The van der Waals surface area contributed by atoms with Gasteiger partial charge in [0.1, 0.15) is 0 Å². The summed E-state index contributed by atoms with van der Waals surface area (Å²) in [6, 6.07) is 20.5. The summed E-state index contributed by atoms with van der Waals surface area (Å²) >= 11 is 9.57. The molecule has 0 saturated heterocycles. The summed E-state index contributed by atoms with van der Waals surface area (Å²) in [7, 11) is 0. The number of hydrogen-bond donors (Lipinski definition) is 0. The lowest BCUT2D eigenvalue weighted by atomic mass is 9.98. The van der Waals surface area contributed by atoms with Crippen molar-refractivity contribution < 1.29 is 0 Å². The normalized spacial score (nSPS) is 10.8. The Bertz CT molecular complexity index is 697. The van der Waals surface area contributed by atoms with Gasteiger partial charge in [-0.25, -0.2) is 0 Å². The summed E-state index contributed by atoms with van der Waals surface area (Å²) in [6.07, 6.45) is 0. The van der Waals surface area contributed by atoms with Gasteiger partial charge in [-0.1, -0.05) is 70.0 Å². The van der Waals surface area contributed by atoms with Crippen molar-refractivity contribution >= 4 is 38.3 Å². The first-order chi connectivity index (χ1) is 8.75. The molecule has 2 heteroatoms. The molecule has 3 rings (SSSR count). The highest BCUT2D eigenvalue weighted by molar-refractivity contribution is 9.10. The van der Waals surface area contributed by atoms with E-state index in [9.17, 15) is 0 Å². The standard InChI is InChI=1S/C16H10BrCl/c17-15-6-2-4-12-3-1-5-14(16(12)15)11-7-9-13(18)10-8-11/h1-10H. The molecule has 0 aliphatic carbocycles. The molecule has 0 bridgehead atoms. The second-order valence-corrected chi connectivity index (χ2v) is 5.44. The second-order valence-electron chi connectivity index (χ2n) is 4.15. The van der Waals surface area contributed by atoms with Crippen LogP contribution in [0.3, 0.4) is 0 Å². The maximum atomic E-state index is 5.94.